The summed E-state index contributed by atoms with van der Waals surface area (Å²) in [6.07, 6.45) is 8.58. The third kappa shape index (κ3) is 6.24. The Morgan fingerprint density at radius 3 is 2.47 bits per heavy atom. The van der Waals surface area contributed by atoms with Crippen molar-refractivity contribution in [2.45, 2.75) is 71.0 Å². The standard InChI is InChI=1S/C29H39F2N3/c1-21-6-5-15-34(21)22(2)26-11-10-25(18-27(26)30)28-12-9-24(19-32-28)8-7-23-13-16-33(17-14-23)20-29(3,4)31/h9-12,18-19,21,23H,2,5-8,13-17,20H2,1,3-4H3. The van der Waals surface area contributed by atoms with Gasteiger partial charge in [0.15, 0.2) is 0 Å². The average molecular weight is 468 g/mol. The molecule has 0 radical (unpaired) electrons. The van der Waals surface area contributed by atoms with Gasteiger partial charge in [0, 0.05) is 42.2 Å². The smallest absolute Gasteiger partial charge is 0.133 e. The van der Waals surface area contributed by atoms with E-state index in [9.17, 15) is 8.78 Å². The van der Waals surface area contributed by atoms with Crippen LogP contribution in [0.1, 0.15) is 64.0 Å². The fraction of sp³-hybridized carbons (Fsp3) is 0.552. The van der Waals surface area contributed by atoms with Crippen molar-refractivity contribution in [1.82, 2.24) is 14.8 Å². The molecular weight excluding hydrogens is 428 g/mol. The predicted molar refractivity (Wildman–Crippen MR) is 137 cm³/mol. The molecule has 5 heteroatoms. The molecule has 4 rings (SSSR count). The van der Waals surface area contributed by atoms with Crippen LogP contribution in [0.5, 0.6) is 0 Å². The summed E-state index contributed by atoms with van der Waals surface area (Å²) >= 11 is 0. The maximum absolute atomic E-state index is 15.0. The number of piperidine rings is 1. The zero-order valence-electron chi connectivity index (χ0n) is 21.0. The van der Waals surface area contributed by atoms with Crippen molar-refractivity contribution in [3.05, 3.63) is 60.1 Å². The summed E-state index contributed by atoms with van der Waals surface area (Å²) in [5.74, 6) is 0.446. The van der Waals surface area contributed by atoms with Gasteiger partial charge in [0.05, 0.1) is 5.69 Å². The minimum absolute atomic E-state index is 0.241. The van der Waals surface area contributed by atoms with Crippen LogP contribution >= 0.6 is 0 Å². The lowest BCUT2D eigenvalue weighted by Crippen LogP contribution is -2.41. The number of hydrogen-bond acceptors (Lipinski definition) is 3. The minimum Gasteiger partial charge on any atom is -0.369 e. The second kappa shape index (κ2) is 10.6. The zero-order valence-corrected chi connectivity index (χ0v) is 21.0. The Balaban J connectivity index is 1.31. The van der Waals surface area contributed by atoms with Crippen LogP contribution in [0.3, 0.4) is 0 Å². The Kier molecular flexibility index (Phi) is 7.71. The number of halogens is 2. The largest absolute Gasteiger partial charge is 0.369 e. The predicted octanol–water partition coefficient (Wildman–Crippen LogP) is 6.74. The van der Waals surface area contributed by atoms with Crippen molar-refractivity contribution in [3.8, 4) is 11.3 Å². The topological polar surface area (TPSA) is 19.4 Å². The molecule has 1 aromatic heterocycles. The Hall–Kier alpha value is -2.27. The van der Waals surface area contributed by atoms with Gasteiger partial charge < -0.3 is 9.80 Å². The monoisotopic (exact) mass is 467 g/mol. The molecule has 2 aliphatic rings. The highest BCUT2D eigenvalue weighted by Crippen LogP contribution is 2.31. The third-order valence-electron chi connectivity index (χ3n) is 7.45. The first-order valence-corrected chi connectivity index (χ1v) is 12.8. The van der Waals surface area contributed by atoms with E-state index in [0.717, 1.165) is 75.1 Å². The van der Waals surface area contributed by atoms with Crippen LogP contribution in [0.2, 0.25) is 0 Å². The van der Waals surface area contributed by atoms with Crippen molar-refractivity contribution in [2.75, 3.05) is 26.2 Å². The van der Waals surface area contributed by atoms with Gasteiger partial charge in [-0.1, -0.05) is 18.7 Å². The summed E-state index contributed by atoms with van der Waals surface area (Å²) in [5.41, 5.74) is 3.02. The summed E-state index contributed by atoms with van der Waals surface area (Å²) < 4.78 is 28.8. The Labute approximate surface area is 203 Å². The van der Waals surface area contributed by atoms with E-state index in [4.69, 9.17) is 0 Å². The molecule has 0 N–H and O–H groups in total. The van der Waals surface area contributed by atoms with Gasteiger partial charge in [0.2, 0.25) is 0 Å². The molecule has 2 fully saturated rings. The number of benzene rings is 1. The number of aryl methyl sites for hydroxylation is 1. The number of aromatic nitrogens is 1. The van der Waals surface area contributed by atoms with Gasteiger partial charge in [0.1, 0.15) is 11.5 Å². The molecule has 0 spiro atoms. The molecule has 2 saturated heterocycles. The van der Waals surface area contributed by atoms with Gasteiger partial charge in [-0.15, -0.1) is 0 Å². The Morgan fingerprint density at radius 1 is 1.12 bits per heavy atom. The average Bonchev–Trinajstić information content (AvgIpc) is 3.23. The minimum atomic E-state index is -1.12. The maximum atomic E-state index is 15.0. The summed E-state index contributed by atoms with van der Waals surface area (Å²) in [4.78, 5) is 9.07. The van der Waals surface area contributed by atoms with Crippen molar-refractivity contribution in [3.63, 3.8) is 0 Å². The van der Waals surface area contributed by atoms with E-state index in [1.54, 1.807) is 19.9 Å². The molecule has 1 atom stereocenters. The highest BCUT2D eigenvalue weighted by Gasteiger charge is 2.25. The van der Waals surface area contributed by atoms with E-state index in [0.29, 0.717) is 24.1 Å². The first kappa shape index (κ1) is 24.8. The molecule has 34 heavy (non-hydrogen) atoms. The highest BCUT2D eigenvalue weighted by molar-refractivity contribution is 5.68. The molecule has 0 saturated carbocycles. The van der Waals surface area contributed by atoms with Crippen molar-refractivity contribution >= 4 is 5.70 Å². The molecule has 1 unspecified atom stereocenters. The summed E-state index contributed by atoms with van der Waals surface area (Å²) in [6.45, 7) is 13.1. The van der Waals surface area contributed by atoms with Crippen LogP contribution in [0.25, 0.3) is 17.0 Å². The van der Waals surface area contributed by atoms with Crippen molar-refractivity contribution in [2.24, 2.45) is 5.92 Å². The van der Waals surface area contributed by atoms with E-state index < -0.39 is 5.67 Å². The SMILES string of the molecule is C=C(c1ccc(-c2ccc(CCC3CCN(CC(C)(C)F)CC3)cn2)cc1F)N1CCCC1C. The van der Waals surface area contributed by atoms with Gasteiger partial charge in [-0.2, -0.15) is 0 Å². The van der Waals surface area contributed by atoms with E-state index in [1.807, 2.05) is 24.4 Å². The molecule has 0 aliphatic carbocycles. The van der Waals surface area contributed by atoms with Gasteiger partial charge in [-0.05, 0) is 102 Å². The first-order valence-electron chi connectivity index (χ1n) is 12.8. The molecule has 2 aliphatic heterocycles. The molecular formula is C29H39F2N3. The number of rotatable bonds is 8. The molecule has 3 heterocycles. The molecule has 2 aromatic rings. The summed E-state index contributed by atoms with van der Waals surface area (Å²) in [5, 5.41) is 0. The lowest BCUT2D eigenvalue weighted by molar-refractivity contribution is 0.0943. The fourth-order valence-corrected chi connectivity index (χ4v) is 5.48. The maximum Gasteiger partial charge on any atom is 0.133 e. The summed E-state index contributed by atoms with van der Waals surface area (Å²) in [6, 6.07) is 9.88. The third-order valence-corrected chi connectivity index (χ3v) is 7.45. The number of alkyl halides is 1. The number of hydrogen-bond donors (Lipinski definition) is 0. The normalized spacial score (nSPS) is 20.1. The van der Waals surface area contributed by atoms with Gasteiger partial charge in [-0.25, -0.2) is 8.78 Å². The van der Waals surface area contributed by atoms with E-state index >= 15 is 0 Å². The Bertz CT molecular complexity index is 972. The first-order chi connectivity index (χ1) is 16.2. The second-order valence-corrected chi connectivity index (χ2v) is 10.9. The van der Waals surface area contributed by atoms with Crippen LogP contribution in [-0.2, 0) is 6.42 Å². The lowest BCUT2D eigenvalue weighted by Gasteiger charge is -2.34. The molecule has 0 bridgehead atoms. The van der Waals surface area contributed by atoms with Crippen molar-refractivity contribution < 1.29 is 8.78 Å². The number of nitrogens with zero attached hydrogens (tertiary/aromatic N) is 3. The molecule has 3 nitrogen and oxygen atoms in total. The van der Waals surface area contributed by atoms with E-state index in [-0.39, 0.29) is 5.82 Å². The van der Waals surface area contributed by atoms with E-state index in [2.05, 4.69) is 34.4 Å². The second-order valence-electron chi connectivity index (χ2n) is 10.9. The van der Waals surface area contributed by atoms with Crippen molar-refractivity contribution in [1.29, 1.82) is 0 Å². The van der Waals surface area contributed by atoms with Crippen LogP contribution < -0.4 is 0 Å². The summed E-state index contributed by atoms with van der Waals surface area (Å²) in [7, 11) is 0. The number of likely N-dealkylation sites (tertiary alicyclic amines) is 2. The van der Waals surface area contributed by atoms with Gasteiger partial charge in [0.25, 0.3) is 0 Å². The quantitative estimate of drug-likeness (QED) is 0.429. The van der Waals surface area contributed by atoms with Crippen LogP contribution in [0, 0.1) is 11.7 Å². The molecule has 1 aromatic carbocycles. The lowest BCUT2D eigenvalue weighted by atomic mass is 9.90. The van der Waals surface area contributed by atoms with Crippen LogP contribution in [0.4, 0.5) is 8.78 Å². The Morgan fingerprint density at radius 2 is 1.88 bits per heavy atom. The van der Waals surface area contributed by atoms with Crippen LogP contribution in [0.15, 0.2) is 43.1 Å². The zero-order chi connectivity index (χ0) is 24.3. The van der Waals surface area contributed by atoms with Gasteiger partial charge in [-0.3, -0.25) is 4.98 Å². The molecule has 0 amide bonds. The highest BCUT2D eigenvalue weighted by atomic mass is 19.1. The fourth-order valence-electron chi connectivity index (χ4n) is 5.48. The number of pyridine rings is 1. The molecule has 184 valence electrons. The van der Waals surface area contributed by atoms with Crippen LogP contribution in [-0.4, -0.2) is 52.7 Å². The van der Waals surface area contributed by atoms with Gasteiger partial charge >= 0.3 is 0 Å². The van der Waals surface area contributed by atoms with E-state index in [1.165, 1.54) is 5.56 Å².